The van der Waals surface area contributed by atoms with E-state index in [1.165, 1.54) is 0 Å². The number of aliphatic imine (C=N–C) groups is 1. The molecule has 6 nitrogen and oxygen atoms in total. The van der Waals surface area contributed by atoms with Crippen LogP contribution in [0, 0.1) is 11.3 Å². The molecule has 0 spiro atoms. The molecular weight excluding hydrogens is 260 g/mol. The van der Waals surface area contributed by atoms with Gasteiger partial charge in [-0.3, -0.25) is 4.79 Å². The number of amidine groups is 1. The lowest BCUT2D eigenvalue weighted by Crippen LogP contribution is -2.50. The number of carbonyl (C=O) groups is 2. The summed E-state index contributed by atoms with van der Waals surface area (Å²) in [6.45, 7) is 9.02. The maximum atomic E-state index is 12.2. The molecule has 0 fully saturated rings. The predicted octanol–water partition coefficient (Wildman–Crippen LogP) is 1.40. The molecule has 2 N–H and O–H groups in total. The normalized spacial score (nSPS) is 26.1. The first kappa shape index (κ1) is 16.2. The quantitative estimate of drug-likeness (QED) is 0.787. The Bertz CT molecular complexity index is 482. The Kier molecular flexibility index (Phi) is 4.92. The highest BCUT2D eigenvalue weighted by Crippen LogP contribution is 2.40. The Morgan fingerprint density at radius 1 is 1.30 bits per heavy atom. The lowest BCUT2D eigenvalue weighted by molar-refractivity contribution is -0.152. The first-order chi connectivity index (χ1) is 9.30. The summed E-state index contributed by atoms with van der Waals surface area (Å²) < 4.78 is 10.1. The molecule has 0 radical (unpaired) electrons. The first-order valence-corrected chi connectivity index (χ1v) is 6.70. The molecular formula is C14H22N2O4. The van der Waals surface area contributed by atoms with Gasteiger partial charge in [-0.1, -0.05) is 6.92 Å². The minimum absolute atomic E-state index is 0.161. The molecule has 0 aromatic rings. The van der Waals surface area contributed by atoms with Crippen LogP contribution in [0.25, 0.3) is 0 Å². The minimum atomic E-state index is -1.16. The zero-order valence-electron chi connectivity index (χ0n) is 12.6. The van der Waals surface area contributed by atoms with Crippen LogP contribution in [0.2, 0.25) is 0 Å². The molecule has 1 heterocycles. The minimum Gasteiger partial charge on any atom is -0.465 e. The molecule has 2 atom stereocenters. The molecule has 0 saturated carbocycles. The zero-order chi connectivity index (χ0) is 15.5. The summed E-state index contributed by atoms with van der Waals surface area (Å²) in [5.41, 5.74) is 5.62. The van der Waals surface area contributed by atoms with Gasteiger partial charge in [0.15, 0.2) is 0 Å². The van der Waals surface area contributed by atoms with E-state index in [0.717, 1.165) is 0 Å². The van der Waals surface area contributed by atoms with E-state index in [-0.39, 0.29) is 19.0 Å². The van der Waals surface area contributed by atoms with Gasteiger partial charge in [-0.05, 0) is 27.7 Å². The number of nitrogens with two attached hydrogens (primary N) is 1. The summed E-state index contributed by atoms with van der Waals surface area (Å²) in [5, 5.41) is 0. The second kappa shape index (κ2) is 6.07. The van der Waals surface area contributed by atoms with Gasteiger partial charge in [-0.25, -0.2) is 9.79 Å². The van der Waals surface area contributed by atoms with Gasteiger partial charge in [0.1, 0.15) is 11.3 Å². The zero-order valence-corrected chi connectivity index (χ0v) is 12.6. The second-order valence-electron chi connectivity index (χ2n) is 4.86. The Morgan fingerprint density at radius 3 is 2.35 bits per heavy atom. The van der Waals surface area contributed by atoms with E-state index >= 15 is 0 Å². The number of esters is 2. The van der Waals surface area contributed by atoms with Crippen molar-refractivity contribution in [3.63, 3.8) is 0 Å². The molecule has 0 amide bonds. The third kappa shape index (κ3) is 2.55. The van der Waals surface area contributed by atoms with E-state index in [4.69, 9.17) is 15.2 Å². The summed E-state index contributed by atoms with van der Waals surface area (Å²) >= 11 is 0. The molecule has 0 aromatic heterocycles. The third-order valence-electron chi connectivity index (χ3n) is 3.70. The molecule has 0 saturated heterocycles. The van der Waals surface area contributed by atoms with Crippen molar-refractivity contribution < 1.29 is 19.1 Å². The van der Waals surface area contributed by atoms with Gasteiger partial charge < -0.3 is 15.2 Å². The second-order valence-corrected chi connectivity index (χ2v) is 4.86. The number of allylic oxidation sites excluding steroid dienone is 1. The summed E-state index contributed by atoms with van der Waals surface area (Å²) in [6, 6.07) is 0. The van der Waals surface area contributed by atoms with E-state index in [2.05, 4.69) is 4.99 Å². The van der Waals surface area contributed by atoms with Crippen LogP contribution in [0.5, 0.6) is 0 Å². The molecule has 112 valence electrons. The van der Waals surface area contributed by atoms with Gasteiger partial charge in [-0.2, -0.15) is 0 Å². The van der Waals surface area contributed by atoms with Crippen LogP contribution in [0.3, 0.4) is 0 Å². The highest BCUT2D eigenvalue weighted by Gasteiger charge is 2.50. The molecule has 20 heavy (non-hydrogen) atoms. The molecule has 1 rings (SSSR count). The van der Waals surface area contributed by atoms with Gasteiger partial charge in [0.2, 0.25) is 0 Å². The predicted molar refractivity (Wildman–Crippen MR) is 74.9 cm³/mol. The molecule has 0 bridgehead atoms. The maximum Gasteiger partial charge on any atom is 0.336 e. The first-order valence-electron chi connectivity index (χ1n) is 6.70. The van der Waals surface area contributed by atoms with Crippen LogP contribution in [-0.4, -0.2) is 31.0 Å². The number of rotatable bonds is 4. The van der Waals surface area contributed by atoms with Crippen molar-refractivity contribution >= 4 is 17.8 Å². The SMILES string of the molecule is CCOC(=O)C1=C(C)N=C(N)C(C)(C(=O)OCC)C1C. The van der Waals surface area contributed by atoms with Crippen LogP contribution in [-0.2, 0) is 19.1 Å². The number of hydrogen-bond acceptors (Lipinski definition) is 6. The Labute approximate surface area is 119 Å². The molecule has 2 unspecified atom stereocenters. The smallest absolute Gasteiger partial charge is 0.336 e. The van der Waals surface area contributed by atoms with Crippen molar-refractivity contribution in [3.05, 3.63) is 11.3 Å². The highest BCUT2D eigenvalue weighted by atomic mass is 16.5. The summed E-state index contributed by atoms with van der Waals surface area (Å²) in [7, 11) is 0. The van der Waals surface area contributed by atoms with Crippen LogP contribution < -0.4 is 5.73 Å². The van der Waals surface area contributed by atoms with E-state index in [9.17, 15) is 9.59 Å². The standard InChI is InChI=1S/C14H22N2O4/c1-6-19-11(17)10-8(3)14(5,13(18)20-7-2)12(15)16-9(10)4/h8H,6-7H2,1-5H3,(H2,15,16). The number of nitrogens with zero attached hydrogens (tertiary/aromatic N) is 1. The van der Waals surface area contributed by atoms with Crippen molar-refractivity contribution in [2.24, 2.45) is 22.1 Å². The van der Waals surface area contributed by atoms with Gasteiger partial charge >= 0.3 is 11.9 Å². The molecule has 0 aliphatic carbocycles. The Balaban J connectivity index is 3.26. The van der Waals surface area contributed by atoms with Gasteiger partial charge in [0.25, 0.3) is 0 Å². The number of hydrogen-bond donors (Lipinski definition) is 1. The molecule has 1 aliphatic rings. The Hall–Kier alpha value is -1.85. The fourth-order valence-corrected chi connectivity index (χ4v) is 2.28. The van der Waals surface area contributed by atoms with Crippen molar-refractivity contribution in [2.75, 3.05) is 13.2 Å². The van der Waals surface area contributed by atoms with Crippen molar-refractivity contribution in [2.45, 2.75) is 34.6 Å². The molecule has 6 heteroatoms. The van der Waals surface area contributed by atoms with E-state index in [1.54, 1.807) is 34.6 Å². The van der Waals surface area contributed by atoms with E-state index < -0.39 is 23.3 Å². The lowest BCUT2D eigenvalue weighted by Gasteiger charge is -2.36. The largest absolute Gasteiger partial charge is 0.465 e. The van der Waals surface area contributed by atoms with Crippen molar-refractivity contribution in [1.82, 2.24) is 0 Å². The average molecular weight is 282 g/mol. The average Bonchev–Trinajstić information content (AvgIpc) is 2.36. The monoisotopic (exact) mass is 282 g/mol. The summed E-state index contributed by atoms with van der Waals surface area (Å²) in [6.07, 6.45) is 0. The van der Waals surface area contributed by atoms with E-state index in [0.29, 0.717) is 11.3 Å². The lowest BCUT2D eigenvalue weighted by atomic mass is 9.71. The highest BCUT2D eigenvalue weighted by molar-refractivity contribution is 6.08. The summed E-state index contributed by atoms with van der Waals surface area (Å²) in [4.78, 5) is 28.4. The van der Waals surface area contributed by atoms with Gasteiger partial charge in [0.05, 0.1) is 24.5 Å². The third-order valence-corrected chi connectivity index (χ3v) is 3.70. The van der Waals surface area contributed by atoms with Crippen LogP contribution in [0.1, 0.15) is 34.6 Å². The fourth-order valence-electron chi connectivity index (χ4n) is 2.28. The maximum absolute atomic E-state index is 12.2. The Morgan fingerprint density at radius 2 is 1.85 bits per heavy atom. The summed E-state index contributed by atoms with van der Waals surface area (Å²) in [5.74, 6) is -1.25. The number of ether oxygens (including phenoxy) is 2. The topological polar surface area (TPSA) is 91.0 Å². The van der Waals surface area contributed by atoms with Crippen LogP contribution in [0.15, 0.2) is 16.3 Å². The molecule has 0 aromatic carbocycles. The van der Waals surface area contributed by atoms with Crippen molar-refractivity contribution in [3.8, 4) is 0 Å². The van der Waals surface area contributed by atoms with Crippen molar-refractivity contribution in [1.29, 1.82) is 0 Å². The fraction of sp³-hybridized carbons (Fsp3) is 0.643. The van der Waals surface area contributed by atoms with Crippen LogP contribution >= 0.6 is 0 Å². The number of carbonyl (C=O) groups excluding carboxylic acids is 2. The molecule has 1 aliphatic heterocycles. The van der Waals surface area contributed by atoms with Crippen LogP contribution in [0.4, 0.5) is 0 Å². The van der Waals surface area contributed by atoms with E-state index in [1.807, 2.05) is 0 Å². The van der Waals surface area contributed by atoms with Gasteiger partial charge in [0, 0.05) is 5.92 Å². The van der Waals surface area contributed by atoms with Gasteiger partial charge in [-0.15, -0.1) is 0 Å².